The molecular weight excluding hydrogens is 228 g/mol. The first kappa shape index (κ1) is 12.2. The van der Waals surface area contributed by atoms with Crippen LogP contribution in [0.3, 0.4) is 0 Å². The zero-order valence-corrected chi connectivity index (χ0v) is 11.0. The van der Waals surface area contributed by atoms with Crippen molar-refractivity contribution < 1.29 is 0 Å². The molecule has 6 heteroatoms. The Morgan fingerprint density at radius 3 is 1.72 bits per heavy atom. The first-order chi connectivity index (χ1) is 8.58. The van der Waals surface area contributed by atoms with E-state index in [1.807, 2.05) is 50.1 Å². The molecular formula is C12H16N6. The average Bonchev–Trinajstić information content (AvgIpc) is 2.39. The molecule has 0 bridgehead atoms. The molecule has 0 N–H and O–H groups in total. The molecule has 2 heterocycles. The van der Waals surface area contributed by atoms with Gasteiger partial charge in [0.15, 0.2) is 5.82 Å². The van der Waals surface area contributed by atoms with Crippen LogP contribution in [-0.2, 0) is 0 Å². The summed E-state index contributed by atoms with van der Waals surface area (Å²) in [6, 6.07) is 3.77. The summed E-state index contributed by atoms with van der Waals surface area (Å²) < 4.78 is 0. The molecule has 0 radical (unpaired) electrons. The average molecular weight is 244 g/mol. The molecule has 18 heavy (non-hydrogen) atoms. The van der Waals surface area contributed by atoms with Crippen LogP contribution in [-0.4, -0.2) is 48.1 Å². The summed E-state index contributed by atoms with van der Waals surface area (Å²) >= 11 is 0. The van der Waals surface area contributed by atoms with E-state index in [1.165, 1.54) is 0 Å². The van der Waals surface area contributed by atoms with Crippen molar-refractivity contribution in [2.24, 2.45) is 0 Å². The van der Waals surface area contributed by atoms with E-state index in [-0.39, 0.29) is 0 Å². The lowest BCUT2D eigenvalue weighted by Gasteiger charge is -2.16. The van der Waals surface area contributed by atoms with Crippen LogP contribution in [0.4, 0.5) is 11.9 Å². The first-order valence-corrected chi connectivity index (χ1v) is 5.59. The molecule has 0 spiro atoms. The second-order valence-electron chi connectivity index (χ2n) is 4.28. The Bertz CT molecular complexity index is 497. The molecule has 94 valence electrons. The number of anilines is 2. The van der Waals surface area contributed by atoms with Gasteiger partial charge in [-0.1, -0.05) is 0 Å². The van der Waals surface area contributed by atoms with E-state index >= 15 is 0 Å². The number of rotatable bonds is 3. The maximum absolute atomic E-state index is 4.43. The highest BCUT2D eigenvalue weighted by atomic mass is 15.3. The fourth-order valence-corrected chi connectivity index (χ4v) is 1.38. The van der Waals surface area contributed by atoms with Gasteiger partial charge in [-0.25, -0.2) is 0 Å². The van der Waals surface area contributed by atoms with Crippen molar-refractivity contribution in [3.05, 3.63) is 24.5 Å². The molecule has 0 saturated carbocycles. The fourth-order valence-electron chi connectivity index (χ4n) is 1.38. The predicted molar refractivity (Wildman–Crippen MR) is 71.7 cm³/mol. The predicted octanol–water partition coefficient (Wildman–Crippen LogP) is 1.07. The number of aromatic nitrogens is 4. The van der Waals surface area contributed by atoms with Crippen molar-refractivity contribution in [2.75, 3.05) is 38.0 Å². The lowest BCUT2D eigenvalue weighted by molar-refractivity contribution is 0.920. The van der Waals surface area contributed by atoms with Crippen molar-refractivity contribution in [3.63, 3.8) is 0 Å². The summed E-state index contributed by atoms with van der Waals surface area (Å²) in [5.41, 5.74) is 0.929. The molecule has 0 aliphatic heterocycles. The largest absolute Gasteiger partial charge is 0.347 e. The lowest BCUT2D eigenvalue weighted by atomic mass is 10.2. The Labute approximate surface area is 106 Å². The van der Waals surface area contributed by atoms with Gasteiger partial charge >= 0.3 is 0 Å². The van der Waals surface area contributed by atoms with Crippen LogP contribution in [0.15, 0.2) is 24.5 Å². The second kappa shape index (κ2) is 4.95. The third kappa shape index (κ3) is 2.53. The molecule has 2 aromatic heterocycles. The highest BCUT2D eigenvalue weighted by Gasteiger charge is 2.10. The van der Waals surface area contributed by atoms with E-state index in [2.05, 4.69) is 19.9 Å². The minimum Gasteiger partial charge on any atom is -0.347 e. The van der Waals surface area contributed by atoms with Crippen LogP contribution in [0, 0.1) is 0 Å². The van der Waals surface area contributed by atoms with E-state index in [9.17, 15) is 0 Å². The summed E-state index contributed by atoms with van der Waals surface area (Å²) in [5, 5.41) is 0. The topological polar surface area (TPSA) is 58.0 Å². The number of pyridine rings is 1. The van der Waals surface area contributed by atoms with Crippen molar-refractivity contribution >= 4 is 11.9 Å². The van der Waals surface area contributed by atoms with Gasteiger partial charge in [0.05, 0.1) is 0 Å². The fraction of sp³-hybridized carbons (Fsp3) is 0.333. The summed E-state index contributed by atoms with van der Waals surface area (Å²) in [7, 11) is 7.63. The van der Waals surface area contributed by atoms with Crippen LogP contribution in [0.2, 0.25) is 0 Å². The van der Waals surface area contributed by atoms with Gasteiger partial charge in [-0.2, -0.15) is 15.0 Å². The Morgan fingerprint density at radius 2 is 1.28 bits per heavy atom. The van der Waals surface area contributed by atoms with Gasteiger partial charge in [0.25, 0.3) is 0 Å². The highest BCUT2D eigenvalue weighted by molar-refractivity contribution is 5.57. The standard InChI is InChI=1S/C12H16N6/c1-17(2)11-14-10(9-5-7-13-8-6-9)15-12(16-11)18(3)4/h5-8H,1-4H3. The zero-order chi connectivity index (χ0) is 13.1. The van der Waals surface area contributed by atoms with E-state index in [0.717, 1.165) is 5.56 Å². The number of nitrogens with zero attached hydrogens (tertiary/aromatic N) is 6. The molecule has 6 nitrogen and oxygen atoms in total. The SMILES string of the molecule is CN(C)c1nc(-c2ccncc2)nc(N(C)C)n1. The van der Waals surface area contributed by atoms with Crippen LogP contribution in [0.25, 0.3) is 11.4 Å². The smallest absolute Gasteiger partial charge is 0.230 e. The van der Waals surface area contributed by atoms with E-state index in [4.69, 9.17) is 0 Å². The summed E-state index contributed by atoms with van der Waals surface area (Å²) in [5.74, 6) is 1.93. The lowest BCUT2D eigenvalue weighted by Crippen LogP contribution is -2.19. The van der Waals surface area contributed by atoms with E-state index in [1.54, 1.807) is 12.4 Å². The van der Waals surface area contributed by atoms with Gasteiger partial charge in [-0.3, -0.25) is 4.98 Å². The van der Waals surface area contributed by atoms with Crippen LogP contribution < -0.4 is 9.80 Å². The third-order valence-electron chi connectivity index (χ3n) is 2.35. The first-order valence-electron chi connectivity index (χ1n) is 5.59. The highest BCUT2D eigenvalue weighted by Crippen LogP contribution is 2.18. The van der Waals surface area contributed by atoms with Crippen molar-refractivity contribution in [2.45, 2.75) is 0 Å². The Kier molecular flexibility index (Phi) is 3.36. The maximum Gasteiger partial charge on any atom is 0.230 e. The van der Waals surface area contributed by atoms with Gasteiger partial charge < -0.3 is 9.80 Å². The minimum absolute atomic E-state index is 0.639. The normalized spacial score (nSPS) is 10.2. The van der Waals surface area contributed by atoms with Crippen molar-refractivity contribution in [3.8, 4) is 11.4 Å². The van der Waals surface area contributed by atoms with Crippen molar-refractivity contribution in [1.29, 1.82) is 0 Å². The molecule has 0 aliphatic carbocycles. The minimum atomic E-state index is 0.639. The van der Waals surface area contributed by atoms with Gasteiger partial charge in [0.2, 0.25) is 11.9 Å². The summed E-state index contributed by atoms with van der Waals surface area (Å²) in [6.07, 6.45) is 3.45. The van der Waals surface area contributed by atoms with Crippen LogP contribution in [0.1, 0.15) is 0 Å². The Balaban J connectivity index is 2.54. The van der Waals surface area contributed by atoms with Crippen molar-refractivity contribution in [1.82, 2.24) is 19.9 Å². The monoisotopic (exact) mass is 244 g/mol. The molecule has 0 aromatic carbocycles. The molecule has 2 aromatic rings. The van der Waals surface area contributed by atoms with Gasteiger partial charge in [-0.15, -0.1) is 0 Å². The number of hydrogen-bond acceptors (Lipinski definition) is 6. The molecule has 2 rings (SSSR count). The number of hydrogen-bond donors (Lipinski definition) is 0. The van der Waals surface area contributed by atoms with Gasteiger partial charge in [-0.05, 0) is 12.1 Å². The second-order valence-corrected chi connectivity index (χ2v) is 4.28. The zero-order valence-electron chi connectivity index (χ0n) is 11.0. The van der Waals surface area contributed by atoms with Crippen LogP contribution in [0.5, 0.6) is 0 Å². The molecule has 0 aliphatic rings. The molecule has 0 atom stereocenters. The summed E-state index contributed by atoms with van der Waals surface area (Å²) in [4.78, 5) is 21.0. The Hall–Kier alpha value is -2.24. The van der Waals surface area contributed by atoms with Gasteiger partial charge in [0, 0.05) is 46.1 Å². The third-order valence-corrected chi connectivity index (χ3v) is 2.35. The van der Waals surface area contributed by atoms with Gasteiger partial charge in [0.1, 0.15) is 0 Å². The molecule has 0 saturated heterocycles. The quantitative estimate of drug-likeness (QED) is 0.805. The maximum atomic E-state index is 4.43. The molecule has 0 fully saturated rings. The summed E-state index contributed by atoms with van der Waals surface area (Å²) in [6.45, 7) is 0. The molecule has 0 unspecified atom stereocenters. The van der Waals surface area contributed by atoms with Crippen LogP contribution >= 0.6 is 0 Å². The Morgan fingerprint density at radius 1 is 0.778 bits per heavy atom. The molecule has 0 amide bonds. The van der Waals surface area contributed by atoms with E-state index in [0.29, 0.717) is 17.7 Å². The van der Waals surface area contributed by atoms with E-state index < -0.39 is 0 Å².